The van der Waals surface area contributed by atoms with E-state index in [2.05, 4.69) is 9.97 Å². The van der Waals surface area contributed by atoms with E-state index in [4.69, 9.17) is 16.3 Å². The summed E-state index contributed by atoms with van der Waals surface area (Å²) in [7, 11) is 1.41. The normalized spacial score (nSPS) is 11.2. The summed E-state index contributed by atoms with van der Waals surface area (Å²) >= 11 is 7.87. The molecule has 0 bridgehead atoms. The molecule has 0 amide bonds. The van der Waals surface area contributed by atoms with Gasteiger partial charge in [0.2, 0.25) is 5.88 Å². The van der Waals surface area contributed by atoms with Crippen molar-refractivity contribution in [3.05, 3.63) is 63.6 Å². The quantitative estimate of drug-likeness (QED) is 0.547. The molecule has 0 spiro atoms. The molecule has 0 atom stereocenters. The molecule has 7 heteroatoms. The van der Waals surface area contributed by atoms with Gasteiger partial charge in [0.05, 0.1) is 27.9 Å². The first kappa shape index (κ1) is 16.8. The second kappa shape index (κ2) is 6.55. The number of hydrogen-bond donors (Lipinski definition) is 1. The minimum absolute atomic E-state index is 0.00760. The van der Waals surface area contributed by atoms with Crippen molar-refractivity contribution in [2.24, 2.45) is 0 Å². The predicted molar refractivity (Wildman–Crippen MR) is 103 cm³/mol. The first-order valence-corrected chi connectivity index (χ1v) is 8.99. The number of pyridine rings is 1. The van der Waals surface area contributed by atoms with Crippen LogP contribution in [0.1, 0.15) is 20.9 Å². The fourth-order valence-electron chi connectivity index (χ4n) is 2.91. The van der Waals surface area contributed by atoms with Gasteiger partial charge in [0.15, 0.2) is 0 Å². The number of methoxy groups -OCH3 is 1. The number of ether oxygens (including phenoxy) is 1. The number of benzene rings is 2. The van der Waals surface area contributed by atoms with Crippen LogP contribution in [0.5, 0.6) is 5.88 Å². The third-order valence-corrected chi connectivity index (χ3v) is 5.28. The van der Waals surface area contributed by atoms with E-state index in [0.29, 0.717) is 22.3 Å². The third-order valence-electron chi connectivity index (χ3n) is 4.03. The highest BCUT2D eigenvalue weighted by atomic mass is 35.5. The van der Waals surface area contributed by atoms with Crippen LogP contribution in [0.15, 0.2) is 42.5 Å². The van der Waals surface area contributed by atoms with E-state index in [-0.39, 0.29) is 11.4 Å². The molecule has 2 aromatic carbocycles. The molecule has 2 aromatic heterocycles. The highest BCUT2D eigenvalue weighted by molar-refractivity contribution is 7.18. The Kier molecular flexibility index (Phi) is 4.22. The lowest BCUT2D eigenvalue weighted by atomic mass is 10.1. The van der Waals surface area contributed by atoms with Crippen molar-refractivity contribution in [1.29, 1.82) is 0 Å². The van der Waals surface area contributed by atoms with Crippen molar-refractivity contribution in [3.8, 4) is 5.88 Å². The van der Waals surface area contributed by atoms with Crippen molar-refractivity contribution < 1.29 is 14.6 Å². The number of carbonyl (C=O) groups is 1. The number of aromatic nitrogens is 2. The first-order valence-electron chi connectivity index (χ1n) is 7.80. The van der Waals surface area contributed by atoms with Gasteiger partial charge in [-0.05, 0) is 35.9 Å². The molecule has 2 heterocycles. The molecule has 0 aliphatic rings. The van der Waals surface area contributed by atoms with Gasteiger partial charge in [-0.2, -0.15) is 0 Å². The van der Waals surface area contributed by atoms with Crippen molar-refractivity contribution in [3.63, 3.8) is 0 Å². The molecule has 1 N–H and O–H groups in total. The molecule has 0 fully saturated rings. The molecule has 0 saturated carbocycles. The van der Waals surface area contributed by atoms with Crippen LogP contribution >= 0.6 is 22.9 Å². The zero-order chi connectivity index (χ0) is 18.3. The maximum atomic E-state index is 11.4. The molecule has 0 saturated heterocycles. The molecule has 0 radical (unpaired) electrons. The van der Waals surface area contributed by atoms with E-state index >= 15 is 0 Å². The molecule has 0 aliphatic carbocycles. The van der Waals surface area contributed by atoms with Gasteiger partial charge in [-0.15, -0.1) is 11.3 Å². The number of carboxylic acid groups (broad SMARTS) is 1. The van der Waals surface area contributed by atoms with Gasteiger partial charge in [0.1, 0.15) is 5.56 Å². The second-order valence-corrected chi connectivity index (χ2v) is 7.29. The highest BCUT2D eigenvalue weighted by Crippen LogP contribution is 2.31. The van der Waals surface area contributed by atoms with E-state index in [1.165, 1.54) is 13.2 Å². The van der Waals surface area contributed by atoms with Gasteiger partial charge in [0, 0.05) is 16.8 Å². The number of carboxylic acids is 1. The Hall–Kier alpha value is -2.70. The number of thiazole rings is 1. The van der Waals surface area contributed by atoms with E-state index in [1.807, 2.05) is 30.3 Å². The van der Waals surface area contributed by atoms with Gasteiger partial charge in [-0.25, -0.2) is 14.8 Å². The lowest BCUT2D eigenvalue weighted by molar-refractivity contribution is 0.0692. The van der Waals surface area contributed by atoms with Crippen LogP contribution in [-0.2, 0) is 6.42 Å². The average Bonchev–Trinajstić information content (AvgIpc) is 3.02. The van der Waals surface area contributed by atoms with Crippen molar-refractivity contribution in [2.45, 2.75) is 6.42 Å². The fourth-order valence-corrected chi connectivity index (χ4v) is 4.15. The van der Waals surface area contributed by atoms with E-state index in [1.54, 1.807) is 17.4 Å². The van der Waals surface area contributed by atoms with Crippen LogP contribution in [0.3, 0.4) is 0 Å². The fraction of sp³-hybridized carbons (Fsp3) is 0.105. The van der Waals surface area contributed by atoms with E-state index < -0.39 is 5.97 Å². The van der Waals surface area contributed by atoms with Gasteiger partial charge in [-0.3, -0.25) is 0 Å². The van der Waals surface area contributed by atoms with E-state index in [0.717, 1.165) is 20.8 Å². The summed E-state index contributed by atoms with van der Waals surface area (Å²) in [6.45, 7) is 0. The lowest BCUT2D eigenvalue weighted by Crippen LogP contribution is -2.04. The Morgan fingerprint density at radius 3 is 2.77 bits per heavy atom. The number of hydrogen-bond acceptors (Lipinski definition) is 5. The van der Waals surface area contributed by atoms with Gasteiger partial charge in [-0.1, -0.05) is 23.7 Å². The summed E-state index contributed by atoms with van der Waals surface area (Å²) in [6.07, 6.45) is 0.555. The topological polar surface area (TPSA) is 72.3 Å². The highest BCUT2D eigenvalue weighted by Gasteiger charge is 2.17. The Labute approximate surface area is 157 Å². The molecule has 0 unspecified atom stereocenters. The van der Waals surface area contributed by atoms with E-state index in [9.17, 15) is 9.90 Å². The molecule has 4 rings (SSSR count). The van der Waals surface area contributed by atoms with Crippen molar-refractivity contribution >= 4 is 50.0 Å². The zero-order valence-corrected chi connectivity index (χ0v) is 15.3. The molecular weight excluding hydrogens is 372 g/mol. The van der Waals surface area contributed by atoms with Crippen molar-refractivity contribution in [1.82, 2.24) is 9.97 Å². The number of fused-ring (bicyclic) bond motifs is 2. The first-order chi connectivity index (χ1) is 12.5. The Morgan fingerprint density at radius 1 is 1.23 bits per heavy atom. The largest absolute Gasteiger partial charge is 0.480 e. The summed E-state index contributed by atoms with van der Waals surface area (Å²) in [5, 5.41) is 11.5. The maximum absolute atomic E-state index is 11.4. The monoisotopic (exact) mass is 384 g/mol. The van der Waals surface area contributed by atoms with Crippen LogP contribution in [0.2, 0.25) is 5.02 Å². The molecule has 130 valence electrons. The summed E-state index contributed by atoms with van der Waals surface area (Å²) in [5.74, 6) is -1.01. The number of nitrogens with zero attached hydrogens (tertiary/aromatic N) is 2. The molecule has 5 nitrogen and oxygen atoms in total. The van der Waals surface area contributed by atoms with Crippen LogP contribution in [-0.4, -0.2) is 28.2 Å². The predicted octanol–water partition coefficient (Wildman–Crippen LogP) is 4.80. The van der Waals surface area contributed by atoms with Crippen LogP contribution < -0.4 is 4.74 Å². The molecule has 4 aromatic rings. The minimum atomic E-state index is -1.09. The van der Waals surface area contributed by atoms with Gasteiger partial charge < -0.3 is 9.84 Å². The smallest absolute Gasteiger partial charge is 0.341 e. The summed E-state index contributed by atoms with van der Waals surface area (Å²) < 4.78 is 6.28. The third kappa shape index (κ3) is 2.98. The Morgan fingerprint density at radius 2 is 2.04 bits per heavy atom. The van der Waals surface area contributed by atoms with Gasteiger partial charge in [0.25, 0.3) is 0 Å². The molecule has 26 heavy (non-hydrogen) atoms. The van der Waals surface area contributed by atoms with Crippen molar-refractivity contribution in [2.75, 3.05) is 7.11 Å². The van der Waals surface area contributed by atoms with Gasteiger partial charge >= 0.3 is 5.97 Å². The second-order valence-electron chi connectivity index (χ2n) is 5.74. The Balaban J connectivity index is 1.86. The molecular formula is C19H13ClN2O3S. The van der Waals surface area contributed by atoms with Crippen LogP contribution in [0.4, 0.5) is 0 Å². The molecule has 0 aliphatic heterocycles. The summed E-state index contributed by atoms with van der Waals surface area (Å²) in [4.78, 5) is 20.5. The standard InChI is InChI=1S/C19H13ClN2O3S/c1-25-18-13(19(23)24)8-10-6-12(20)7-11(17(10)22-18)9-16-21-14-4-2-3-5-15(14)26-16/h2-8H,9H2,1H3,(H,23,24). The number of para-hydroxylation sites is 1. The average molecular weight is 385 g/mol. The number of aromatic carboxylic acids is 1. The van der Waals surface area contributed by atoms with Crippen LogP contribution in [0.25, 0.3) is 21.1 Å². The summed E-state index contributed by atoms with van der Waals surface area (Å²) in [6, 6.07) is 13.0. The zero-order valence-electron chi connectivity index (χ0n) is 13.7. The number of halogens is 1. The maximum Gasteiger partial charge on any atom is 0.341 e. The Bertz CT molecular complexity index is 1120. The summed E-state index contributed by atoms with van der Waals surface area (Å²) in [5.41, 5.74) is 2.50. The lowest BCUT2D eigenvalue weighted by Gasteiger charge is -2.10. The minimum Gasteiger partial charge on any atom is -0.480 e. The van der Waals surface area contributed by atoms with Crippen LogP contribution in [0, 0.1) is 0 Å². The SMILES string of the molecule is COc1nc2c(Cc3nc4ccccc4s3)cc(Cl)cc2cc1C(=O)O. The number of rotatable bonds is 4.